The Morgan fingerprint density at radius 2 is 1.71 bits per heavy atom. The molecule has 2 rings (SSSR count). The minimum Gasteiger partial charge on any atom is -0.489 e. The Hall–Kier alpha value is -1.26. The number of hydrogen-bond donors (Lipinski definition) is 0. The maximum atomic E-state index is 12.0. The van der Waals surface area contributed by atoms with E-state index in [1.807, 2.05) is 25.1 Å². The zero-order chi connectivity index (χ0) is 16.8. The lowest BCUT2D eigenvalue weighted by Crippen LogP contribution is -2.16. The summed E-state index contributed by atoms with van der Waals surface area (Å²) in [5, 5.41) is 1.03. The number of rotatable bonds is 7. The van der Waals surface area contributed by atoms with Crippen LogP contribution in [-0.4, -0.2) is 31.3 Å². The first-order valence-electron chi connectivity index (χ1n) is 7.30. The number of benzene rings is 2. The third-order valence-electron chi connectivity index (χ3n) is 3.35. The first-order chi connectivity index (χ1) is 11.0. The molecule has 0 heterocycles. The Bertz CT molecular complexity index is 672. The second-order valence-corrected chi connectivity index (χ2v) is 6.35. The van der Waals surface area contributed by atoms with Crippen LogP contribution in [0.3, 0.4) is 0 Å². The lowest BCUT2D eigenvalue weighted by molar-refractivity contribution is 0.0972. The third-order valence-corrected chi connectivity index (χ3v) is 4.09. The van der Waals surface area contributed by atoms with Crippen LogP contribution in [0.1, 0.15) is 22.3 Å². The molecular formula is C18H20Cl3NO2. The van der Waals surface area contributed by atoms with Crippen molar-refractivity contribution in [2.24, 2.45) is 0 Å². The van der Waals surface area contributed by atoms with E-state index in [4.69, 9.17) is 27.9 Å². The molecule has 6 heteroatoms. The normalized spacial score (nSPS) is 10.4. The van der Waals surface area contributed by atoms with Crippen LogP contribution in [0, 0.1) is 0 Å². The van der Waals surface area contributed by atoms with Crippen LogP contribution in [0.4, 0.5) is 0 Å². The summed E-state index contributed by atoms with van der Waals surface area (Å²) < 4.78 is 5.70. The van der Waals surface area contributed by atoms with Crippen molar-refractivity contribution >= 4 is 41.4 Å². The molecule has 0 unspecified atom stereocenters. The quantitative estimate of drug-likeness (QED) is 0.616. The fourth-order valence-corrected chi connectivity index (χ4v) is 2.32. The summed E-state index contributed by atoms with van der Waals surface area (Å²) in [6.07, 6.45) is 0.510. The maximum Gasteiger partial charge on any atom is 0.164 e. The van der Waals surface area contributed by atoms with Gasteiger partial charge in [-0.25, -0.2) is 0 Å². The number of ether oxygens (including phenoxy) is 1. The fraction of sp³-hybridized carbons (Fsp3) is 0.278. The predicted octanol–water partition coefficient (Wildman–Crippen LogP) is 5.13. The van der Waals surface area contributed by atoms with E-state index < -0.39 is 0 Å². The van der Waals surface area contributed by atoms with E-state index in [-0.39, 0.29) is 18.2 Å². The molecule has 0 fully saturated rings. The van der Waals surface area contributed by atoms with Gasteiger partial charge in [0.1, 0.15) is 12.4 Å². The molecule has 0 N–H and O–H groups in total. The number of Topliss-reactive ketones (excluding diaryl/α,β-unsaturated/α-hetero) is 1. The standard InChI is InChI=1S/C18H19Cl2NO2.ClH/c1-21(2)10-9-18(22)14-4-6-15(7-5-14)23-12-13-3-8-16(19)17(20)11-13;/h3-8,11H,9-10,12H2,1-2H3;1H. The van der Waals surface area contributed by atoms with E-state index in [9.17, 15) is 4.79 Å². The van der Waals surface area contributed by atoms with Crippen molar-refractivity contribution in [3.8, 4) is 5.75 Å². The molecule has 0 aromatic heterocycles. The van der Waals surface area contributed by atoms with E-state index in [1.165, 1.54) is 0 Å². The fourth-order valence-electron chi connectivity index (χ4n) is 2.00. The largest absolute Gasteiger partial charge is 0.489 e. The van der Waals surface area contributed by atoms with E-state index in [0.717, 1.165) is 12.1 Å². The molecule has 2 aromatic carbocycles. The second kappa shape index (κ2) is 9.90. The summed E-state index contributed by atoms with van der Waals surface area (Å²) in [5.74, 6) is 0.843. The molecule has 0 aliphatic carbocycles. The highest BCUT2D eigenvalue weighted by Gasteiger charge is 2.07. The van der Waals surface area contributed by atoms with Crippen molar-refractivity contribution in [3.63, 3.8) is 0 Å². The van der Waals surface area contributed by atoms with Crippen molar-refractivity contribution in [2.45, 2.75) is 13.0 Å². The smallest absolute Gasteiger partial charge is 0.164 e. The Morgan fingerprint density at radius 3 is 2.29 bits per heavy atom. The molecule has 0 aliphatic heterocycles. The van der Waals surface area contributed by atoms with Crippen LogP contribution in [0.15, 0.2) is 42.5 Å². The van der Waals surface area contributed by atoms with Gasteiger partial charge < -0.3 is 9.64 Å². The SMILES string of the molecule is CN(C)CCC(=O)c1ccc(OCc2ccc(Cl)c(Cl)c2)cc1.Cl. The summed E-state index contributed by atoms with van der Waals surface area (Å²) >= 11 is 11.9. The van der Waals surface area contributed by atoms with E-state index >= 15 is 0 Å². The van der Waals surface area contributed by atoms with Crippen LogP contribution in [-0.2, 0) is 6.61 Å². The lowest BCUT2D eigenvalue weighted by Gasteiger charge is -2.10. The molecule has 3 nitrogen and oxygen atoms in total. The molecule has 24 heavy (non-hydrogen) atoms. The number of carbonyl (C=O) groups is 1. The highest BCUT2D eigenvalue weighted by Crippen LogP contribution is 2.23. The Labute approximate surface area is 158 Å². The van der Waals surface area contributed by atoms with Gasteiger partial charge in [0.15, 0.2) is 5.78 Å². The van der Waals surface area contributed by atoms with E-state index in [2.05, 4.69) is 0 Å². The van der Waals surface area contributed by atoms with Crippen molar-refractivity contribution in [1.29, 1.82) is 0 Å². The minimum absolute atomic E-state index is 0. The van der Waals surface area contributed by atoms with Crippen LogP contribution >= 0.6 is 35.6 Å². The molecule has 0 saturated carbocycles. The molecule has 0 atom stereocenters. The van der Waals surface area contributed by atoms with Gasteiger partial charge in [0.25, 0.3) is 0 Å². The van der Waals surface area contributed by atoms with Gasteiger partial charge in [-0.05, 0) is 56.1 Å². The monoisotopic (exact) mass is 387 g/mol. The molecular weight excluding hydrogens is 369 g/mol. The number of hydrogen-bond acceptors (Lipinski definition) is 3. The Kier molecular flexibility index (Phi) is 8.57. The zero-order valence-corrected chi connectivity index (χ0v) is 15.9. The van der Waals surface area contributed by atoms with Crippen LogP contribution in [0.5, 0.6) is 5.75 Å². The molecule has 0 amide bonds. The summed E-state index contributed by atoms with van der Waals surface area (Å²) in [4.78, 5) is 14.0. The van der Waals surface area contributed by atoms with Gasteiger partial charge >= 0.3 is 0 Å². The minimum atomic E-state index is 0. The summed E-state index contributed by atoms with van der Waals surface area (Å²) in [7, 11) is 3.90. The first kappa shape index (κ1) is 20.8. The maximum absolute atomic E-state index is 12.0. The van der Waals surface area contributed by atoms with E-state index in [0.29, 0.717) is 34.4 Å². The van der Waals surface area contributed by atoms with Gasteiger partial charge in [-0.3, -0.25) is 4.79 Å². The number of carbonyl (C=O) groups excluding carboxylic acids is 1. The molecule has 0 spiro atoms. The molecule has 130 valence electrons. The molecule has 0 saturated heterocycles. The van der Waals surface area contributed by atoms with Crippen LogP contribution in [0.25, 0.3) is 0 Å². The molecule has 0 aliphatic rings. The summed E-state index contributed by atoms with van der Waals surface area (Å²) in [5.41, 5.74) is 1.64. The van der Waals surface area contributed by atoms with Crippen molar-refractivity contribution in [3.05, 3.63) is 63.6 Å². The van der Waals surface area contributed by atoms with Gasteiger partial charge in [0, 0.05) is 18.5 Å². The second-order valence-electron chi connectivity index (χ2n) is 5.54. The third kappa shape index (κ3) is 6.33. The van der Waals surface area contributed by atoms with Crippen molar-refractivity contribution in [2.75, 3.05) is 20.6 Å². The van der Waals surface area contributed by atoms with Gasteiger partial charge in [-0.15, -0.1) is 12.4 Å². The lowest BCUT2D eigenvalue weighted by atomic mass is 10.1. The average molecular weight is 389 g/mol. The first-order valence-corrected chi connectivity index (χ1v) is 8.06. The summed E-state index contributed by atoms with van der Waals surface area (Å²) in [6.45, 7) is 1.14. The Morgan fingerprint density at radius 1 is 1.04 bits per heavy atom. The van der Waals surface area contributed by atoms with Crippen molar-refractivity contribution < 1.29 is 9.53 Å². The molecule has 0 radical (unpaired) electrons. The van der Waals surface area contributed by atoms with Gasteiger partial charge in [-0.2, -0.15) is 0 Å². The molecule has 0 bridgehead atoms. The average Bonchev–Trinajstić information content (AvgIpc) is 2.54. The molecule has 2 aromatic rings. The summed E-state index contributed by atoms with van der Waals surface area (Å²) in [6, 6.07) is 12.6. The van der Waals surface area contributed by atoms with Crippen molar-refractivity contribution in [1.82, 2.24) is 4.90 Å². The highest BCUT2D eigenvalue weighted by molar-refractivity contribution is 6.42. The number of ketones is 1. The van der Waals surface area contributed by atoms with Crippen LogP contribution in [0.2, 0.25) is 10.0 Å². The predicted molar refractivity (Wildman–Crippen MR) is 102 cm³/mol. The van der Waals surface area contributed by atoms with Gasteiger partial charge in [0.05, 0.1) is 10.0 Å². The van der Waals surface area contributed by atoms with Crippen LogP contribution < -0.4 is 4.74 Å². The zero-order valence-electron chi connectivity index (χ0n) is 13.6. The number of nitrogens with zero attached hydrogens (tertiary/aromatic N) is 1. The topological polar surface area (TPSA) is 29.5 Å². The van der Waals surface area contributed by atoms with Gasteiger partial charge in [-0.1, -0.05) is 29.3 Å². The Balaban J connectivity index is 0.00000288. The van der Waals surface area contributed by atoms with E-state index in [1.54, 1.807) is 36.4 Å². The highest BCUT2D eigenvalue weighted by atomic mass is 35.5. The van der Waals surface area contributed by atoms with Gasteiger partial charge in [0.2, 0.25) is 0 Å². The number of halogens is 3.